The minimum absolute atomic E-state index is 0.0113. The molecule has 2 N–H and O–H groups in total. The first-order valence-corrected chi connectivity index (χ1v) is 7.69. The second-order valence-electron chi connectivity index (χ2n) is 5.07. The van der Waals surface area contributed by atoms with E-state index in [0.717, 1.165) is 6.07 Å². The number of rotatable bonds is 3. The molecule has 1 aromatic heterocycles. The summed E-state index contributed by atoms with van der Waals surface area (Å²) in [5.41, 5.74) is -0.251. The molecule has 0 fully saturated rings. The average molecular weight is 378 g/mol. The third kappa shape index (κ3) is 3.19. The predicted molar refractivity (Wildman–Crippen MR) is 95.6 cm³/mol. The molecule has 0 radical (unpaired) electrons. The monoisotopic (exact) mass is 377 g/mol. The molecule has 7 nitrogen and oxygen atoms in total. The highest BCUT2D eigenvalue weighted by Crippen LogP contribution is 2.27. The molecule has 0 aliphatic rings. The summed E-state index contributed by atoms with van der Waals surface area (Å²) >= 11 is 11.9. The van der Waals surface area contributed by atoms with Crippen LogP contribution in [0, 0.1) is 10.1 Å². The molecule has 0 saturated carbocycles. The Kier molecular flexibility index (Phi) is 4.43. The molecule has 0 saturated heterocycles. The number of fused-ring (bicyclic) bond motifs is 1. The van der Waals surface area contributed by atoms with Crippen LogP contribution in [0.15, 0.2) is 47.4 Å². The lowest BCUT2D eigenvalue weighted by atomic mass is 10.1. The van der Waals surface area contributed by atoms with E-state index in [4.69, 9.17) is 23.2 Å². The van der Waals surface area contributed by atoms with Gasteiger partial charge in [-0.3, -0.25) is 19.7 Å². The van der Waals surface area contributed by atoms with Crippen LogP contribution in [0.3, 0.4) is 0 Å². The number of carbonyl (C=O) groups excluding carboxylic acids is 1. The zero-order chi connectivity index (χ0) is 18.1. The minimum atomic E-state index is -0.695. The fraction of sp³-hybridized carbons (Fsp3) is 0. The van der Waals surface area contributed by atoms with Gasteiger partial charge in [-0.2, -0.15) is 0 Å². The van der Waals surface area contributed by atoms with Crippen molar-refractivity contribution in [2.75, 3.05) is 5.32 Å². The molecule has 0 spiro atoms. The van der Waals surface area contributed by atoms with Gasteiger partial charge in [-0.1, -0.05) is 29.3 Å². The summed E-state index contributed by atoms with van der Waals surface area (Å²) in [6, 6.07) is 8.39. The Labute approximate surface area is 150 Å². The Bertz CT molecular complexity index is 1080. The molecule has 0 unspecified atom stereocenters. The number of hydrogen-bond acceptors (Lipinski definition) is 4. The van der Waals surface area contributed by atoms with E-state index in [2.05, 4.69) is 10.3 Å². The molecular formula is C16H9Cl2N3O4. The van der Waals surface area contributed by atoms with Gasteiger partial charge in [-0.05, 0) is 18.2 Å². The first kappa shape index (κ1) is 16.9. The summed E-state index contributed by atoms with van der Waals surface area (Å²) in [6.45, 7) is 0. The van der Waals surface area contributed by atoms with Crippen molar-refractivity contribution in [3.8, 4) is 0 Å². The maximum absolute atomic E-state index is 12.5. The van der Waals surface area contributed by atoms with Crippen molar-refractivity contribution in [2.45, 2.75) is 0 Å². The summed E-state index contributed by atoms with van der Waals surface area (Å²) in [5.74, 6) is -0.695. The third-order valence-electron chi connectivity index (χ3n) is 3.52. The number of hydrogen-bond donors (Lipinski definition) is 2. The van der Waals surface area contributed by atoms with Crippen molar-refractivity contribution in [3.63, 3.8) is 0 Å². The lowest BCUT2D eigenvalue weighted by molar-refractivity contribution is -0.384. The van der Waals surface area contributed by atoms with E-state index in [1.807, 2.05) is 0 Å². The molecule has 3 aromatic rings. The number of anilines is 1. The van der Waals surface area contributed by atoms with Crippen molar-refractivity contribution >= 4 is 51.4 Å². The molecule has 1 amide bonds. The van der Waals surface area contributed by atoms with E-state index in [0.29, 0.717) is 10.5 Å². The summed E-state index contributed by atoms with van der Waals surface area (Å²) in [7, 11) is 0. The van der Waals surface area contributed by atoms with Crippen LogP contribution in [0.4, 0.5) is 11.4 Å². The number of benzene rings is 2. The molecule has 3 rings (SSSR count). The summed E-state index contributed by atoms with van der Waals surface area (Å²) < 4.78 is 0. The number of carbonyl (C=O) groups is 1. The third-order valence-corrected chi connectivity index (χ3v) is 4.15. The number of halogens is 2. The summed E-state index contributed by atoms with van der Waals surface area (Å²) in [4.78, 5) is 37.8. The van der Waals surface area contributed by atoms with Crippen LogP contribution < -0.4 is 10.7 Å². The number of nitro groups is 1. The second-order valence-corrected chi connectivity index (χ2v) is 5.88. The molecule has 0 aliphatic carbocycles. The quantitative estimate of drug-likeness (QED) is 0.531. The van der Waals surface area contributed by atoms with Gasteiger partial charge >= 0.3 is 0 Å². The first-order valence-electron chi connectivity index (χ1n) is 6.93. The molecule has 1 heterocycles. The van der Waals surface area contributed by atoms with Crippen LogP contribution in [0.25, 0.3) is 10.9 Å². The Balaban J connectivity index is 1.97. The number of non-ortho nitro benzene ring substituents is 1. The van der Waals surface area contributed by atoms with E-state index >= 15 is 0 Å². The number of nitro benzene ring substituents is 1. The first-order chi connectivity index (χ1) is 11.9. The number of nitrogens with zero attached hydrogens (tertiary/aromatic N) is 1. The Hall–Kier alpha value is -2.90. The topological polar surface area (TPSA) is 105 Å². The predicted octanol–water partition coefficient (Wildman–Crippen LogP) is 4.00. The number of pyridine rings is 1. The molecule has 126 valence electrons. The van der Waals surface area contributed by atoms with Gasteiger partial charge in [0.1, 0.15) is 5.56 Å². The van der Waals surface area contributed by atoms with Gasteiger partial charge in [0.2, 0.25) is 5.43 Å². The number of aromatic nitrogens is 1. The van der Waals surface area contributed by atoms with E-state index in [9.17, 15) is 19.7 Å². The Morgan fingerprint density at radius 1 is 1.16 bits per heavy atom. The van der Waals surface area contributed by atoms with E-state index in [1.54, 1.807) is 18.2 Å². The number of aromatic amines is 1. The highest BCUT2D eigenvalue weighted by Gasteiger charge is 2.16. The second kappa shape index (κ2) is 6.54. The molecular weight excluding hydrogens is 369 g/mol. The largest absolute Gasteiger partial charge is 0.359 e. The van der Waals surface area contributed by atoms with Gasteiger partial charge in [0.05, 0.1) is 26.2 Å². The fourth-order valence-electron chi connectivity index (χ4n) is 2.29. The van der Waals surface area contributed by atoms with Crippen LogP contribution in [-0.2, 0) is 0 Å². The SMILES string of the molecule is O=C(Nc1ccc([N+](=O)[O-])cc1Cl)c1c[nH]c2c(Cl)cccc2c1=O. The zero-order valence-electron chi connectivity index (χ0n) is 12.4. The number of amides is 1. The van der Waals surface area contributed by atoms with Gasteiger partial charge < -0.3 is 10.3 Å². The number of H-pyrrole nitrogens is 1. The number of nitrogens with one attached hydrogen (secondary N) is 2. The highest BCUT2D eigenvalue weighted by molar-refractivity contribution is 6.35. The minimum Gasteiger partial charge on any atom is -0.359 e. The molecule has 0 bridgehead atoms. The average Bonchev–Trinajstić information content (AvgIpc) is 2.57. The fourth-order valence-corrected chi connectivity index (χ4v) is 2.74. The van der Waals surface area contributed by atoms with Gasteiger partial charge in [-0.25, -0.2) is 0 Å². The molecule has 0 atom stereocenters. The zero-order valence-corrected chi connectivity index (χ0v) is 13.9. The lowest BCUT2D eigenvalue weighted by Crippen LogP contribution is -2.22. The normalized spacial score (nSPS) is 10.6. The molecule has 0 aliphatic heterocycles. The Morgan fingerprint density at radius 2 is 1.92 bits per heavy atom. The Morgan fingerprint density at radius 3 is 2.60 bits per heavy atom. The van der Waals surface area contributed by atoms with E-state index in [1.165, 1.54) is 18.3 Å². The van der Waals surface area contributed by atoms with Gasteiger partial charge in [-0.15, -0.1) is 0 Å². The van der Waals surface area contributed by atoms with Crippen molar-refractivity contribution < 1.29 is 9.72 Å². The van der Waals surface area contributed by atoms with Crippen LogP contribution in [0.1, 0.15) is 10.4 Å². The smallest absolute Gasteiger partial charge is 0.271 e. The van der Waals surface area contributed by atoms with Crippen LogP contribution >= 0.6 is 23.2 Å². The van der Waals surface area contributed by atoms with Crippen LogP contribution in [-0.4, -0.2) is 15.8 Å². The van der Waals surface area contributed by atoms with Gasteiger partial charge in [0.25, 0.3) is 11.6 Å². The van der Waals surface area contributed by atoms with Crippen LogP contribution in [0.2, 0.25) is 10.0 Å². The van der Waals surface area contributed by atoms with Crippen molar-refractivity contribution in [1.29, 1.82) is 0 Å². The van der Waals surface area contributed by atoms with Crippen molar-refractivity contribution in [3.05, 3.63) is 78.5 Å². The molecule has 9 heteroatoms. The molecule has 2 aromatic carbocycles. The maximum Gasteiger partial charge on any atom is 0.271 e. The maximum atomic E-state index is 12.5. The molecule has 25 heavy (non-hydrogen) atoms. The van der Waals surface area contributed by atoms with E-state index in [-0.39, 0.29) is 27.3 Å². The van der Waals surface area contributed by atoms with Crippen molar-refractivity contribution in [1.82, 2.24) is 4.98 Å². The standard InChI is InChI=1S/C16H9Cl2N3O4/c17-11-3-1-2-9-14(11)19-7-10(15(9)22)16(23)20-13-5-4-8(21(24)25)6-12(13)18/h1-7H,(H,19,22)(H,20,23). The number of para-hydroxylation sites is 1. The van der Waals surface area contributed by atoms with Gasteiger partial charge in [0, 0.05) is 23.7 Å². The van der Waals surface area contributed by atoms with Crippen molar-refractivity contribution in [2.24, 2.45) is 0 Å². The summed E-state index contributed by atoms with van der Waals surface area (Å²) in [5, 5.41) is 13.8. The summed E-state index contributed by atoms with van der Waals surface area (Å²) in [6.07, 6.45) is 1.26. The highest BCUT2D eigenvalue weighted by atomic mass is 35.5. The lowest BCUT2D eigenvalue weighted by Gasteiger charge is -2.08. The van der Waals surface area contributed by atoms with Crippen LogP contribution in [0.5, 0.6) is 0 Å². The van der Waals surface area contributed by atoms with Gasteiger partial charge in [0.15, 0.2) is 0 Å². The van der Waals surface area contributed by atoms with E-state index < -0.39 is 16.3 Å².